The number of hydrogen-bond acceptors (Lipinski definition) is 4. The van der Waals surface area contributed by atoms with Crippen LogP contribution in [0.3, 0.4) is 0 Å². The van der Waals surface area contributed by atoms with E-state index in [9.17, 15) is 9.59 Å². The minimum atomic E-state index is -0.800. The van der Waals surface area contributed by atoms with Crippen LogP contribution in [0.5, 0.6) is 11.5 Å². The highest BCUT2D eigenvalue weighted by Gasteiger charge is 2.16. The number of halogens is 1. The van der Waals surface area contributed by atoms with Crippen molar-refractivity contribution in [2.75, 3.05) is 19.5 Å². The summed E-state index contributed by atoms with van der Waals surface area (Å²) in [4.78, 5) is 23.9. The van der Waals surface area contributed by atoms with E-state index in [1.54, 1.807) is 42.5 Å². The highest BCUT2D eigenvalue weighted by molar-refractivity contribution is 6.39. The summed E-state index contributed by atoms with van der Waals surface area (Å²) in [5, 5.41) is 5.54. The zero-order valence-corrected chi connectivity index (χ0v) is 14.0. The number of benzene rings is 2. The van der Waals surface area contributed by atoms with Crippen molar-refractivity contribution in [1.29, 1.82) is 0 Å². The van der Waals surface area contributed by atoms with Crippen LogP contribution in [0, 0.1) is 0 Å². The SMILES string of the molecule is COc1ccc(NC(=O)C(=O)NCc2ccccc2Cl)c(OC)c1. The second kappa shape index (κ2) is 8.21. The highest BCUT2D eigenvalue weighted by atomic mass is 35.5. The van der Waals surface area contributed by atoms with Crippen molar-refractivity contribution in [1.82, 2.24) is 5.32 Å². The van der Waals surface area contributed by atoms with Crippen LogP contribution in [0.25, 0.3) is 0 Å². The monoisotopic (exact) mass is 348 g/mol. The van der Waals surface area contributed by atoms with Gasteiger partial charge in [0, 0.05) is 17.6 Å². The second-order valence-electron chi connectivity index (χ2n) is 4.79. The van der Waals surface area contributed by atoms with Gasteiger partial charge in [-0.25, -0.2) is 0 Å². The van der Waals surface area contributed by atoms with Gasteiger partial charge in [-0.1, -0.05) is 29.8 Å². The largest absolute Gasteiger partial charge is 0.497 e. The summed E-state index contributed by atoms with van der Waals surface area (Å²) in [6.07, 6.45) is 0. The molecule has 0 radical (unpaired) electrons. The Kier molecular flexibility index (Phi) is 6.03. The van der Waals surface area contributed by atoms with Crippen LogP contribution >= 0.6 is 11.6 Å². The van der Waals surface area contributed by atoms with Gasteiger partial charge in [0.1, 0.15) is 11.5 Å². The van der Waals surface area contributed by atoms with Crippen molar-refractivity contribution >= 4 is 29.1 Å². The van der Waals surface area contributed by atoms with Crippen LogP contribution < -0.4 is 20.1 Å². The van der Waals surface area contributed by atoms with E-state index >= 15 is 0 Å². The number of carbonyl (C=O) groups is 2. The van der Waals surface area contributed by atoms with Crippen molar-refractivity contribution in [3.05, 3.63) is 53.1 Å². The highest BCUT2D eigenvalue weighted by Crippen LogP contribution is 2.28. The molecule has 2 aromatic rings. The molecule has 24 heavy (non-hydrogen) atoms. The molecule has 2 aromatic carbocycles. The molecule has 2 amide bonds. The predicted molar refractivity (Wildman–Crippen MR) is 91.5 cm³/mol. The molecule has 0 unspecified atom stereocenters. The molecule has 0 aliphatic rings. The third-order valence-corrected chi connectivity index (χ3v) is 3.63. The molecule has 0 aliphatic carbocycles. The lowest BCUT2D eigenvalue weighted by atomic mass is 10.2. The zero-order valence-electron chi connectivity index (χ0n) is 13.3. The van der Waals surface area contributed by atoms with E-state index in [2.05, 4.69) is 10.6 Å². The van der Waals surface area contributed by atoms with Gasteiger partial charge in [0.2, 0.25) is 0 Å². The molecule has 7 heteroatoms. The van der Waals surface area contributed by atoms with E-state index < -0.39 is 11.8 Å². The first-order valence-corrected chi connectivity index (χ1v) is 7.47. The van der Waals surface area contributed by atoms with E-state index in [1.807, 2.05) is 0 Å². The number of anilines is 1. The third kappa shape index (κ3) is 4.39. The van der Waals surface area contributed by atoms with Crippen LogP contribution in [0.4, 0.5) is 5.69 Å². The number of nitrogens with one attached hydrogen (secondary N) is 2. The first kappa shape index (κ1) is 17.6. The fraction of sp³-hybridized carbons (Fsp3) is 0.176. The molecule has 2 rings (SSSR count). The van der Waals surface area contributed by atoms with Crippen LogP contribution in [0.15, 0.2) is 42.5 Å². The number of amides is 2. The summed E-state index contributed by atoms with van der Waals surface area (Å²) in [6.45, 7) is 0.158. The minimum absolute atomic E-state index is 0.158. The quantitative estimate of drug-likeness (QED) is 0.814. The maximum atomic E-state index is 12.0. The zero-order chi connectivity index (χ0) is 17.5. The Morgan fingerprint density at radius 3 is 2.46 bits per heavy atom. The van der Waals surface area contributed by atoms with E-state index in [1.165, 1.54) is 14.2 Å². The summed E-state index contributed by atoms with van der Waals surface area (Å²) in [7, 11) is 2.98. The molecule has 0 saturated carbocycles. The van der Waals surface area contributed by atoms with Crippen LogP contribution in [-0.2, 0) is 16.1 Å². The number of ether oxygens (including phenoxy) is 2. The molecule has 0 atom stereocenters. The van der Waals surface area contributed by atoms with E-state index in [4.69, 9.17) is 21.1 Å². The average Bonchev–Trinajstić information content (AvgIpc) is 2.61. The molecule has 0 fully saturated rings. The van der Waals surface area contributed by atoms with Crippen LogP contribution in [0.2, 0.25) is 5.02 Å². The second-order valence-corrected chi connectivity index (χ2v) is 5.20. The normalized spacial score (nSPS) is 9.96. The van der Waals surface area contributed by atoms with Crippen LogP contribution in [-0.4, -0.2) is 26.0 Å². The Bertz CT molecular complexity index is 749. The number of rotatable bonds is 5. The van der Waals surface area contributed by atoms with E-state index in [0.29, 0.717) is 22.2 Å². The molecule has 126 valence electrons. The molecule has 0 aliphatic heterocycles. The third-order valence-electron chi connectivity index (χ3n) is 3.26. The lowest BCUT2D eigenvalue weighted by Gasteiger charge is -2.12. The number of carbonyl (C=O) groups excluding carboxylic acids is 2. The summed E-state index contributed by atoms with van der Waals surface area (Å²) < 4.78 is 10.2. The van der Waals surface area contributed by atoms with E-state index in [-0.39, 0.29) is 6.54 Å². The standard InChI is InChI=1S/C17H17ClN2O4/c1-23-12-7-8-14(15(9-12)24-2)20-17(22)16(21)19-10-11-5-3-4-6-13(11)18/h3-9H,10H2,1-2H3,(H,19,21)(H,20,22). The Hall–Kier alpha value is -2.73. The molecule has 0 heterocycles. The van der Waals surface area contributed by atoms with Gasteiger partial charge in [-0.15, -0.1) is 0 Å². The number of hydrogen-bond donors (Lipinski definition) is 2. The maximum Gasteiger partial charge on any atom is 0.313 e. The van der Waals surface area contributed by atoms with Gasteiger partial charge in [0.05, 0.1) is 19.9 Å². The molecule has 6 nitrogen and oxygen atoms in total. The lowest BCUT2D eigenvalue weighted by Crippen LogP contribution is -2.35. The van der Waals surface area contributed by atoms with Gasteiger partial charge in [-0.3, -0.25) is 9.59 Å². The molecule has 0 spiro atoms. The summed E-state index contributed by atoms with van der Waals surface area (Å²) >= 11 is 6.00. The van der Waals surface area contributed by atoms with Gasteiger partial charge in [-0.05, 0) is 23.8 Å². The predicted octanol–water partition coefficient (Wildman–Crippen LogP) is 2.61. The molecule has 0 saturated heterocycles. The first-order valence-electron chi connectivity index (χ1n) is 7.09. The Morgan fingerprint density at radius 2 is 1.79 bits per heavy atom. The molecule has 0 aromatic heterocycles. The summed E-state index contributed by atoms with van der Waals surface area (Å²) in [5.41, 5.74) is 1.10. The fourth-order valence-corrected chi connectivity index (χ4v) is 2.18. The van der Waals surface area contributed by atoms with Gasteiger partial charge >= 0.3 is 11.8 Å². The van der Waals surface area contributed by atoms with Crippen molar-refractivity contribution < 1.29 is 19.1 Å². The van der Waals surface area contributed by atoms with Crippen molar-refractivity contribution in [2.24, 2.45) is 0 Å². The lowest BCUT2D eigenvalue weighted by molar-refractivity contribution is -0.136. The Balaban J connectivity index is 1.99. The minimum Gasteiger partial charge on any atom is -0.497 e. The molecule has 0 bridgehead atoms. The summed E-state index contributed by atoms with van der Waals surface area (Å²) in [5.74, 6) is -0.604. The molecular formula is C17H17ClN2O4. The van der Waals surface area contributed by atoms with Crippen molar-refractivity contribution in [3.63, 3.8) is 0 Å². The molecular weight excluding hydrogens is 332 g/mol. The van der Waals surface area contributed by atoms with Gasteiger partial charge < -0.3 is 20.1 Å². The maximum absolute atomic E-state index is 12.0. The van der Waals surface area contributed by atoms with Crippen molar-refractivity contribution in [3.8, 4) is 11.5 Å². The fourth-order valence-electron chi connectivity index (χ4n) is 1.98. The van der Waals surface area contributed by atoms with Crippen LogP contribution in [0.1, 0.15) is 5.56 Å². The van der Waals surface area contributed by atoms with Gasteiger partial charge in [0.25, 0.3) is 0 Å². The molecule has 2 N–H and O–H groups in total. The van der Waals surface area contributed by atoms with Crippen molar-refractivity contribution in [2.45, 2.75) is 6.54 Å². The topological polar surface area (TPSA) is 76.7 Å². The summed E-state index contributed by atoms with van der Waals surface area (Å²) in [6, 6.07) is 11.9. The van der Waals surface area contributed by atoms with E-state index in [0.717, 1.165) is 5.56 Å². The Morgan fingerprint density at radius 1 is 1.04 bits per heavy atom. The average molecular weight is 349 g/mol. The smallest absolute Gasteiger partial charge is 0.313 e. The van der Waals surface area contributed by atoms with Gasteiger partial charge in [-0.2, -0.15) is 0 Å². The van der Waals surface area contributed by atoms with Gasteiger partial charge in [0.15, 0.2) is 0 Å². The first-order chi connectivity index (χ1) is 11.5. The number of methoxy groups -OCH3 is 2. The Labute approximate surface area is 144 Å².